The van der Waals surface area contributed by atoms with Gasteiger partial charge in [-0.1, -0.05) is 0 Å². The number of ether oxygens (including phenoxy) is 1. The first-order valence-electron chi connectivity index (χ1n) is 5.99. The van der Waals surface area contributed by atoms with Crippen molar-refractivity contribution in [3.05, 3.63) is 0 Å². The molecule has 0 aromatic rings. The van der Waals surface area contributed by atoms with Crippen molar-refractivity contribution < 1.29 is 24.2 Å². The van der Waals surface area contributed by atoms with Crippen LogP contribution in [0.4, 0.5) is 4.79 Å². The van der Waals surface area contributed by atoms with Crippen LogP contribution in [0.3, 0.4) is 0 Å². The van der Waals surface area contributed by atoms with Crippen molar-refractivity contribution in [3.63, 3.8) is 0 Å². The lowest BCUT2D eigenvalue weighted by molar-refractivity contribution is -0.137. The monoisotopic (exact) mass is 275 g/mol. The quantitative estimate of drug-likeness (QED) is 0.459. The number of aliphatic carboxylic acids is 1. The van der Waals surface area contributed by atoms with Gasteiger partial charge in [0.25, 0.3) is 0 Å². The Labute approximate surface area is 111 Å². The smallest absolute Gasteiger partial charge is 0.323 e. The van der Waals surface area contributed by atoms with E-state index in [9.17, 15) is 14.4 Å². The molecule has 0 atom stereocenters. The molecule has 0 saturated carbocycles. The minimum absolute atomic E-state index is 0.204. The van der Waals surface area contributed by atoms with Gasteiger partial charge in [-0.05, 0) is 12.8 Å². The fourth-order valence-electron chi connectivity index (χ4n) is 1.35. The molecule has 110 valence electrons. The van der Waals surface area contributed by atoms with Gasteiger partial charge in [-0.25, -0.2) is 4.79 Å². The van der Waals surface area contributed by atoms with Gasteiger partial charge in [-0.15, -0.1) is 0 Å². The zero-order valence-corrected chi connectivity index (χ0v) is 11.1. The van der Waals surface area contributed by atoms with Crippen LogP contribution in [0.2, 0.25) is 0 Å². The molecule has 19 heavy (non-hydrogen) atoms. The molecule has 8 heteroatoms. The molecule has 0 bridgehead atoms. The maximum atomic E-state index is 11.7. The fraction of sp³-hybridized carbons (Fsp3) is 0.727. The number of nitrogens with two attached hydrogens (primary N) is 1. The van der Waals surface area contributed by atoms with Crippen molar-refractivity contribution in [1.82, 2.24) is 10.2 Å². The Hall–Kier alpha value is -1.83. The van der Waals surface area contributed by atoms with Crippen LogP contribution < -0.4 is 11.1 Å². The molecule has 0 heterocycles. The van der Waals surface area contributed by atoms with Gasteiger partial charge in [0.05, 0.1) is 6.61 Å². The molecule has 3 amide bonds. The van der Waals surface area contributed by atoms with Crippen LogP contribution in [-0.2, 0) is 14.3 Å². The number of urea groups is 1. The lowest BCUT2D eigenvalue weighted by Crippen LogP contribution is -2.44. The molecule has 0 unspecified atom stereocenters. The number of amides is 3. The number of rotatable bonds is 10. The average molecular weight is 275 g/mol. The van der Waals surface area contributed by atoms with Crippen molar-refractivity contribution in [2.45, 2.75) is 19.3 Å². The highest BCUT2D eigenvalue weighted by Crippen LogP contribution is 1.95. The SMILES string of the molecule is COCCN(CC(=O)O)C(=O)NCCCCC(N)=O. The summed E-state index contributed by atoms with van der Waals surface area (Å²) < 4.78 is 4.81. The second kappa shape index (κ2) is 10.1. The van der Waals surface area contributed by atoms with Crippen LogP contribution in [0, 0.1) is 0 Å². The predicted octanol–water partition coefficient (Wildman–Crippen LogP) is -0.615. The van der Waals surface area contributed by atoms with Gasteiger partial charge in [-0.3, -0.25) is 9.59 Å². The van der Waals surface area contributed by atoms with E-state index in [4.69, 9.17) is 15.6 Å². The van der Waals surface area contributed by atoms with Crippen molar-refractivity contribution in [2.75, 3.05) is 33.4 Å². The Bertz CT molecular complexity index is 309. The van der Waals surface area contributed by atoms with E-state index in [0.717, 1.165) is 4.90 Å². The first-order valence-corrected chi connectivity index (χ1v) is 5.99. The summed E-state index contributed by atoms with van der Waals surface area (Å²) in [7, 11) is 1.47. The third kappa shape index (κ3) is 9.83. The summed E-state index contributed by atoms with van der Waals surface area (Å²) in [6.45, 7) is 0.462. The first-order chi connectivity index (χ1) is 8.97. The second-order valence-corrected chi connectivity index (χ2v) is 3.96. The highest BCUT2D eigenvalue weighted by molar-refractivity contribution is 5.80. The average Bonchev–Trinajstić information content (AvgIpc) is 2.32. The Morgan fingerprint density at radius 1 is 1.32 bits per heavy atom. The molecule has 0 spiro atoms. The third-order valence-corrected chi connectivity index (χ3v) is 2.30. The first kappa shape index (κ1) is 17.2. The van der Waals surface area contributed by atoms with E-state index in [1.54, 1.807) is 0 Å². The number of unbranched alkanes of at least 4 members (excludes halogenated alkanes) is 1. The molecule has 4 N–H and O–H groups in total. The van der Waals surface area contributed by atoms with Gasteiger partial charge in [0.1, 0.15) is 6.54 Å². The van der Waals surface area contributed by atoms with Crippen LogP contribution in [0.25, 0.3) is 0 Å². The summed E-state index contributed by atoms with van der Waals surface area (Å²) in [6, 6.07) is -0.460. The summed E-state index contributed by atoms with van der Waals surface area (Å²) in [6.07, 6.45) is 1.48. The highest BCUT2D eigenvalue weighted by atomic mass is 16.5. The number of methoxy groups -OCH3 is 1. The minimum Gasteiger partial charge on any atom is -0.480 e. The number of hydrogen-bond donors (Lipinski definition) is 3. The zero-order valence-electron chi connectivity index (χ0n) is 11.1. The number of carbonyl (C=O) groups excluding carboxylic acids is 2. The standard InChI is InChI=1S/C11H21N3O5/c1-19-7-6-14(8-10(16)17)11(18)13-5-3-2-4-9(12)15/h2-8H2,1H3,(H2,12,15)(H,13,18)(H,16,17). The summed E-state index contributed by atoms with van der Waals surface area (Å²) in [5, 5.41) is 11.3. The normalized spacial score (nSPS) is 9.95. The number of primary amides is 1. The number of nitrogens with one attached hydrogen (secondary N) is 1. The van der Waals surface area contributed by atoms with Crippen LogP contribution in [0.5, 0.6) is 0 Å². The van der Waals surface area contributed by atoms with Gasteiger partial charge in [0.2, 0.25) is 5.91 Å². The van der Waals surface area contributed by atoms with E-state index in [0.29, 0.717) is 19.4 Å². The van der Waals surface area contributed by atoms with Crippen molar-refractivity contribution >= 4 is 17.9 Å². The molecule has 0 radical (unpaired) electrons. The molecule has 0 aromatic carbocycles. The van der Waals surface area contributed by atoms with Gasteiger partial charge in [-0.2, -0.15) is 0 Å². The molecular weight excluding hydrogens is 254 g/mol. The van der Waals surface area contributed by atoms with Gasteiger partial charge < -0.3 is 25.8 Å². The van der Waals surface area contributed by atoms with E-state index in [1.165, 1.54) is 7.11 Å². The number of nitrogens with zero attached hydrogens (tertiary/aromatic N) is 1. The molecule has 0 aromatic heterocycles. The minimum atomic E-state index is -1.08. The van der Waals surface area contributed by atoms with Crippen LogP contribution in [-0.4, -0.2) is 61.3 Å². The summed E-state index contributed by atoms with van der Waals surface area (Å²) in [4.78, 5) is 33.9. The van der Waals surface area contributed by atoms with E-state index in [2.05, 4.69) is 5.32 Å². The molecular formula is C11H21N3O5. The maximum absolute atomic E-state index is 11.7. The molecule has 0 aliphatic carbocycles. The van der Waals surface area contributed by atoms with Gasteiger partial charge in [0, 0.05) is 26.6 Å². The van der Waals surface area contributed by atoms with E-state index < -0.39 is 12.0 Å². The Morgan fingerprint density at radius 3 is 2.53 bits per heavy atom. The van der Waals surface area contributed by atoms with E-state index >= 15 is 0 Å². The number of carboxylic acid groups (broad SMARTS) is 1. The number of carboxylic acids is 1. The summed E-state index contributed by atoms with van der Waals surface area (Å²) in [5.41, 5.74) is 4.98. The second-order valence-electron chi connectivity index (χ2n) is 3.96. The molecule has 0 saturated heterocycles. The van der Waals surface area contributed by atoms with Crippen LogP contribution >= 0.6 is 0 Å². The lowest BCUT2D eigenvalue weighted by atomic mass is 10.2. The van der Waals surface area contributed by atoms with Crippen molar-refractivity contribution in [1.29, 1.82) is 0 Å². The summed E-state index contributed by atoms with van der Waals surface area (Å²) in [5.74, 6) is -1.46. The lowest BCUT2D eigenvalue weighted by Gasteiger charge is -2.20. The van der Waals surface area contributed by atoms with Crippen molar-refractivity contribution in [3.8, 4) is 0 Å². The van der Waals surface area contributed by atoms with Crippen LogP contribution in [0.15, 0.2) is 0 Å². The largest absolute Gasteiger partial charge is 0.480 e. The number of carbonyl (C=O) groups is 3. The summed E-state index contributed by atoms with van der Waals surface area (Å²) >= 11 is 0. The molecule has 0 rings (SSSR count). The maximum Gasteiger partial charge on any atom is 0.323 e. The fourth-order valence-corrected chi connectivity index (χ4v) is 1.35. The van der Waals surface area contributed by atoms with Crippen LogP contribution in [0.1, 0.15) is 19.3 Å². The predicted molar refractivity (Wildman–Crippen MR) is 67.5 cm³/mol. The van der Waals surface area contributed by atoms with Crippen molar-refractivity contribution in [2.24, 2.45) is 5.73 Å². The highest BCUT2D eigenvalue weighted by Gasteiger charge is 2.15. The molecule has 0 fully saturated rings. The zero-order chi connectivity index (χ0) is 14.7. The van der Waals surface area contributed by atoms with Gasteiger partial charge >= 0.3 is 12.0 Å². The Balaban J connectivity index is 3.95. The Morgan fingerprint density at radius 2 is 2.00 bits per heavy atom. The van der Waals surface area contributed by atoms with E-state index in [-0.39, 0.29) is 32.0 Å². The topological polar surface area (TPSA) is 122 Å². The number of hydrogen-bond acceptors (Lipinski definition) is 4. The van der Waals surface area contributed by atoms with E-state index in [1.807, 2.05) is 0 Å². The Kier molecular flexibility index (Phi) is 9.15. The molecule has 0 aliphatic heterocycles. The third-order valence-electron chi connectivity index (χ3n) is 2.30. The molecule has 8 nitrogen and oxygen atoms in total. The molecule has 0 aliphatic rings. The van der Waals surface area contributed by atoms with Gasteiger partial charge in [0.15, 0.2) is 0 Å².